The summed E-state index contributed by atoms with van der Waals surface area (Å²) in [5, 5.41) is 8.98. The van der Waals surface area contributed by atoms with Gasteiger partial charge in [-0.2, -0.15) is 5.26 Å². The minimum absolute atomic E-state index is 0.559. The second-order valence-electron chi connectivity index (χ2n) is 4.53. The van der Waals surface area contributed by atoms with E-state index in [-0.39, 0.29) is 0 Å². The maximum atomic E-state index is 8.98. The van der Waals surface area contributed by atoms with E-state index in [4.69, 9.17) is 11.0 Å². The highest BCUT2D eigenvalue weighted by Gasteiger charge is 2.13. The molecular weight excluding hydrogens is 212 g/mol. The normalized spacial score (nSPS) is 17.5. The van der Waals surface area contributed by atoms with Gasteiger partial charge < -0.3 is 15.5 Å². The van der Waals surface area contributed by atoms with Crippen LogP contribution in [-0.2, 0) is 0 Å². The molecular formula is C13H18N4. The number of anilines is 2. The van der Waals surface area contributed by atoms with E-state index in [1.807, 2.05) is 18.2 Å². The van der Waals surface area contributed by atoms with Crippen molar-refractivity contribution >= 4 is 11.4 Å². The van der Waals surface area contributed by atoms with E-state index < -0.39 is 0 Å². The summed E-state index contributed by atoms with van der Waals surface area (Å²) in [7, 11) is 2.15. The molecule has 1 aromatic rings. The molecule has 1 fully saturated rings. The molecule has 90 valence electrons. The molecule has 2 N–H and O–H groups in total. The Morgan fingerprint density at radius 2 is 2.06 bits per heavy atom. The van der Waals surface area contributed by atoms with Crippen LogP contribution in [0.15, 0.2) is 18.2 Å². The van der Waals surface area contributed by atoms with E-state index in [1.165, 1.54) is 0 Å². The van der Waals surface area contributed by atoms with Crippen LogP contribution in [0.4, 0.5) is 11.4 Å². The minimum Gasteiger partial charge on any atom is -0.398 e. The van der Waals surface area contributed by atoms with Gasteiger partial charge in [-0.15, -0.1) is 0 Å². The van der Waals surface area contributed by atoms with Gasteiger partial charge in [-0.3, -0.25) is 0 Å². The number of nitrogen functional groups attached to an aromatic ring is 1. The van der Waals surface area contributed by atoms with E-state index in [9.17, 15) is 0 Å². The fraction of sp³-hybridized carbons (Fsp3) is 0.462. The molecule has 0 aromatic heterocycles. The summed E-state index contributed by atoms with van der Waals surface area (Å²) in [6.45, 7) is 4.24. The van der Waals surface area contributed by atoms with E-state index in [1.54, 1.807) is 0 Å². The summed E-state index contributed by atoms with van der Waals surface area (Å²) >= 11 is 0. The summed E-state index contributed by atoms with van der Waals surface area (Å²) in [4.78, 5) is 4.66. The van der Waals surface area contributed by atoms with Gasteiger partial charge in [0, 0.05) is 31.0 Å². The zero-order valence-electron chi connectivity index (χ0n) is 10.2. The fourth-order valence-corrected chi connectivity index (χ4v) is 2.14. The molecule has 1 heterocycles. The smallest absolute Gasteiger partial charge is 0.101 e. The Hall–Kier alpha value is -1.73. The van der Waals surface area contributed by atoms with Crippen molar-refractivity contribution in [3.8, 4) is 6.07 Å². The summed E-state index contributed by atoms with van der Waals surface area (Å²) in [5.74, 6) is 0. The van der Waals surface area contributed by atoms with Crippen molar-refractivity contribution in [1.82, 2.24) is 4.90 Å². The van der Waals surface area contributed by atoms with Crippen LogP contribution in [0, 0.1) is 11.3 Å². The molecule has 1 aromatic carbocycles. The lowest BCUT2D eigenvalue weighted by molar-refractivity contribution is 0.360. The predicted octanol–water partition coefficient (Wildman–Crippen LogP) is 1.28. The van der Waals surface area contributed by atoms with E-state index in [2.05, 4.69) is 22.9 Å². The Balaban J connectivity index is 2.19. The highest BCUT2D eigenvalue weighted by atomic mass is 15.2. The molecule has 0 aliphatic carbocycles. The first-order chi connectivity index (χ1) is 8.20. The average Bonchev–Trinajstić information content (AvgIpc) is 2.55. The molecule has 0 bridgehead atoms. The van der Waals surface area contributed by atoms with Gasteiger partial charge in [0.25, 0.3) is 0 Å². The molecule has 2 rings (SSSR count). The molecule has 1 saturated heterocycles. The summed E-state index contributed by atoms with van der Waals surface area (Å²) < 4.78 is 0. The van der Waals surface area contributed by atoms with Gasteiger partial charge in [0.15, 0.2) is 0 Å². The average molecular weight is 230 g/mol. The monoisotopic (exact) mass is 230 g/mol. The Morgan fingerprint density at radius 3 is 2.82 bits per heavy atom. The lowest BCUT2D eigenvalue weighted by Gasteiger charge is -2.23. The van der Waals surface area contributed by atoms with Crippen LogP contribution in [-0.4, -0.2) is 38.1 Å². The van der Waals surface area contributed by atoms with Crippen LogP contribution in [0.25, 0.3) is 0 Å². The molecule has 0 amide bonds. The number of hydrogen-bond donors (Lipinski definition) is 1. The van der Waals surface area contributed by atoms with Gasteiger partial charge in [-0.05, 0) is 38.2 Å². The lowest BCUT2D eigenvalue weighted by Crippen LogP contribution is -2.28. The van der Waals surface area contributed by atoms with Crippen molar-refractivity contribution in [2.24, 2.45) is 0 Å². The van der Waals surface area contributed by atoms with Crippen LogP contribution in [0.2, 0.25) is 0 Å². The first-order valence-electron chi connectivity index (χ1n) is 5.94. The van der Waals surface area contributed by atoms with Crippen LogP contribution in [0.1, 0.15) is 12.0 Å². The molecule has 0 spiro atoms. The first kappa shape index (κ1) is 11.7. The highest BCUT2D eigenvalue weighted by molar-refractivity contribution is 5.62. The van der Waals surface area contributed by atoms with Gasteiger partial charge >= 0.3 is 0 Å². The Morgan fingerprint density at radius 1 is 1.24 bits per heavy atom. The third-order valence-electron chi connectivity index (χ3n) is 3.24. The van der Waals surface area contributed by atoms with Gasteiger partial charge in [0.1, 0.15) is 6.07 Å². The molecule has 1 aliphatic rings. The highest BCUT2D eigenvalue weighted by Crippen LogP contribution is 2.21. The minimum atomic E-state index is 0.559. The van der Waals surface area contributed by atoms with Crippen LogP contribution in [0.3, 0.4) is 0 Å². The molecule has 4 heteroatoms. The molecule has 1 aliphatic heterocycles. The number of nitriles is 1. The van der Waals surface area contributed by atoms with Crippen molar-refractivity contribution in [3.05, 3.63) is 23.8 Å². The third kappa shape index (κ3) is 2.69. The van der Waals surface area contributed by atoms with Crippen molar-refractivity contribution in [1.29, 1.82) is 5.26 Å². The van der Waals surface area contributed by atoms with E-state index in [0.29, 0.717) is 11.3 Å². The van der Waals surface area contributed by atoms with Gasteiger partial charge in [-0.25, -0.2) is 0 Å². The van der Waals surface area contributed by atoms with Gasteiger partial charge in [-0.1, -0.05) is 0 Å². The van der Waals surface area contributed by atoms with Crippen LogP contribution < -0.4 is 10.6 Å². The van der Waals surface area contributed by atoms with Crippen LogP contribution >= 0.6 is 0 Å². The molecule has 0 radical (unpaired) electrons. The predicted molar refractivity (Wildman–Crippen MR) is 69.9 cm³/mol. The third-order valence-corrected chi connectivity index (χ3v) is 3.24. The maximum Gasteiger partial charge on any atom is 0.101 e. The summed E-state index contributed by atoms with van der Waals surface area (Å²) in [6.07, 6.45) is 1.16. The topological polar surface area (TPSA) is 56.3 Å². The number of benzene rings is 1. The number of likely N-dealkylation sites (N-methyl/N-ethyl adjacent to an activating group) is 1. The summed E-state index contributed by atoms with van der Waals surface area (Å²) in [5.41, 5.74) is 7.96. The number of rotatable bonds is 1. The van der Waals surface area contributed by atoms with Crippen molar-refractivity contribution in [2.75, 3.05) is 43.9 Å². The second-order valence-corrected chi connectivity index (χ2v) is 4.53. The fourth-order valence-electron chi connectivity index (χ4n) is 2.14. The number of nitrogens with zero attached hydrogens (tertiary/aromatic N) is 3. The van der Waals surface area contributed by atoms with Crippen LogP contribution in [0.5, 0.6) is 0 Å². The molecule has 4 nitrogen and oxygen atoms in total. The van der Waals surface area contributed by atoms with Gasteiger partial charge in [0.2, 0.25) is 0 Å². The summed E-state index contributed by atoms with van der Waals surface area (Å²) in [6, 6.07) is 7.85. The quantitative estimate of drug-likeness (QED) is 0.738. The SMILES string of the molecule is CN1CCCN(c2ccc(N)c(C#N)c2)CC1. The van der Waals surface area contributed by atoms with Crippen molar-refractivity contribution in [3.63, 3.8) is 0 Å². The molecule has 0 unspecified atom stereocenters. The largest absolute Gasteiger partial charge is 0.398 e. The Labute approximate surface area is 102 Å². The maximum absolute atomic E-state index is 8.98. The molecule has 17 heavy (non-hydrogen) atoms. The zero-order chi connectivity index (χ0) is 12.3. The Bertz CT molecular complexity index is 436. The van der Waals surface area contributed by atoms with Gasteiger partial charge in [0.05, 0.1) is 5.56 Å². The van der Waals surface area contributed by atoms with Crippen molar-refractivity contribution < 1.29 is 0 Å². The lowest BCUT2D eigenvalue weighted by atomic mass is 10.1. The number of hydrogen-bond acceptors (Lipinski definition) is 4. The first-order valence-corrected chi connectivity index (χ1v) is 5.94. The Kier molecular flexibility index (Phi) is 3.50. The molecule has 0 atom stereocenters. The van der Waals surface area contributed by atoms with Crippen molar-refractivity contribution in [2.45, 2.75) is 6.42 Å². The number of nitrogens with two attached hydrogens (primary N) is 1. The van der Waals surface area contributed by atoms with E-state index >= 15 is 0 Å². The zero-order valence-corrected chi connectivity index (χ0v) is 10.2. The second kappa shape index (κ2) is 5.07. The standard InChI is InChI=1S/C13H18N4/c1-16-5-2-6-17(8-7-16)12-3-4-13(15)11(9-12)10-14/h3-4,9H,2,5-8,15H2,1H3. The van der Waals surface area contributed by atoms with E-state index in [0.717, 1.165) is 38.3 Å². The molecule has 0 saturated carbocycles.